The number of aromatic nitrogens is 3. The van der Waals surface area contributed by atoms with E-state index < -0.39 is 0 Å². The van der Waals surface area contributed by atoms with Gasteiger partial charge in [0.1, 0.15) is 12.1 Å². The van der Waals surface area contributed by atoms with Gasteiger partial charge in [-0.25, -0.2) is 4.68 Å². The molecule has 0 spiro atoms. The van der Waals surface area contributed by atoms with Crippen LogP contribution in [0.4, 0.5) is 0 Å². The van der Waals surface area contributed by atoms with Gasteiger partial charge in [0.2, 0.25) is 5.91 Å². The maximum atomic E-state index is 12.7. The Hall–Kier alpha value is -2.67. The molecule has 1 fully saturated rings. The molecule has 3 aromatic rings. The monoisotopic (exact) mass is 395 g/mol. The molecular weight excluding hydrogens is 366 g/mol. The van der Waals surface area contributed by atoms with E-state index in [0.29, 0.717) is 12.1 Å². The molecule has 0 saturated carbocycles. The second-order valence-corrected chi connectivity index (χ2v) is 8.19. The Kier molecular flexibility index (Phi) is 5.67. The number of nitrogens with zero attached hydrogens (tertiary/aromatic N) is 4. The first kappa shape index (κ1) is 19.6. The number of benzene rings is 1. The van der Waals surface area contributed by atoms with Crippen molar-refractivity contribution in [2.45, 2.75) is 32.7 Å². The zero-order chi connectivity index (χ0) is 20.4. The lowest BCUT2D eigenvalue weighted by molar-refractivity contribution is -0.121. The fourth-order valence-corrected chi connectivity index (χ4v) is 4.43. The van der Waals surface area contributed by atoms with Crippen LogP contribution in [-0.4, -0.2) is 51.3 Å². The Morgan fingerprint density at radius 3 is 2.93 bits per heavy atom. The number of rotatable bonds is 6. The number of piperidine rings is 1. The average Bonchev–Trinajstić information content (AvgIpc) is 3.02. The molecule has 3 heterocycles. The van der Waals surface area contributed by atoms with Crippen LogP contribution in [0.15, 0.2) is 35.3 Å². The Morgan fingerprint density at radius 1 is 1.28 bits per heavy atom. The van der Waals surface area contributed by atoms with Crippen molar-refractivity contribution in [2.24, 2.45) is 13.0 Å². The van der Waals surface area contributed by atoms with Crippen LogP contribution in [0.1, 0.15) is 26.2 Å². The minimum atomic E-state index is -0.189. The normalized spacial score (nSPS) is 17.8. The molecule has 1 aliphatic heterocycles. The maximum Gasteiger partial charge on any atom is 0.291 e. The molecule has 1 aromatic carbocycles. The van der Waals surface area contributed by atoms with E-state index in [4.69, 9.17) is 0 Å². The molecule has 1 aliphatic rings. The highest BCUT2D eigenvalue weighted by Crippen LogP contribution is 2.26. The summed E-state index contributed by atoms with van der Waals surface area (Å²) in [5, 5.41) is 8.90. The molecule has 2 aromatic heterocycles. The number of likely N-dealkylation sites (tertiary alicyclic amines) is 1. The molecule has 0 radical (unpaired) electrons. The van der Waals surface area contributed by atoms with Crippen LogP contribution < -0.4 is 10.9 Å². The van der Waals surface area contributed by atoms with Gasteiger partial charge >= 0.3 is 0 Å². The fourth-order valence-electron chi connectivity index (χ4n) is 4.43. The molecule has 4 rings (SSSR count). The molecule has 1 amide bonds. The molecule has 1 N–H and O–H groups in total. The van der Waals surface area contributed by atoms with Crippen molar-refractivity contribution in [3.05, 3.63) is 40.8 Å². The SMILES string of the molecule is CC1CCCN(CCCNC(=O)Cn2c3ccccc3c3cnn(C)c(=O)c32)C1. The number of hydrogen-bond donors (Lipinski definition) is 1. The Balaban J connectivity index is 1.45. The third-order valence-corrected chi connectivity index (χ3v) is 5.88. The van der Waals surface area contributed by atoms with Gasteiger partial charge < -0.3 is 14.8 Å². The molecule has 154 valence electrons. The van der Waals surface area contributed by atoms with Gasteiger partial charge in [-0.1, -0.05) is 25.1 Å². The van der Waals surface area contributed by atoms with Gasteiger partial charge in [0.05, 0.1) is 6.20 Å². The Morgan fingerprint density at radius 2 is 2.10 bits per heavy atom. The van der Waals surface area contributed by atoms with Gasteiger partial charge in [-0.15, -0.1) is 0 Å². The van der Waals surface area contributed by atoms with Gasteiger partial charge in [-0.05, 0) is 44.3 Å². The number of carbonyl (C=O) groups is 1. The zero-order valence-electron chi connectivity index (χ0n) is 17.2. The van der Waals surface area contributed by atoms with E-state index in [1.54, 1.807) is 13.2 Å². The van der Waals surface area contributed by atoms with E-state index in [-0.39, 0.29) is 18.0 Å². The number of amides is 1. The summed E-state index contributed by atoms with van der Waals surface area (Å²) in [7, 11) is 1.63. The quantitative estimate of drug-likeness (QED) is 0.649. The summed E-state index contributed by atoms with van der Waals surface area (Å²) in [6, 6.07) is 7.77. The molecule has 7 nitrogen and oxygen atoms in total. The summed E-state index contributed by atoms with van der Waals surface area (Å²) in [5.41, 5.74) is 1.22. The van der Waals surface area contributed by atoms with Crippen LogP contribution >= 0.6 is 0 Å². The van der Waals surface area contributed by atoms with Gasteiger partial charge in [0.25, 0.3) is 5.56 Å². The van der Waals surface area contributed by atoms with Crippen LogP contribution in [-0.2, 0) is 18.4 Å². The van der Waals surface area contributed by atoms with E-state index in [1.807, 2.05) is 28.8 Å². The largest absolute Gasteiger partial charge is 0.355 e. The Bertz CT molecular complexity index is 1080. The number of para-hydroxylation sites is 1. The molecule has 1 atom stereocenters. The first-order valence-corrected chi connectivity index (χ1v) is 10.5. The van der Waals surface area contributed by atoms with Crippen molar-refractivity contribution in [2.75, 3.05) is 26.2 Å². The van der Waals surface area contributed by atoms with Crippen molar-refractivity contribution < 1.29 is 4.79 Å². The summed E-state index contributed by atoms with van der Waals surface area (Å²) in [4.78, 5) is 27.8. The lowest BCUT2D eigenvalue weighted by Gasteiger charge is -2.30. The van der Waals surface area contributed by atoms with Crippen molar-refractivity contribution in [3.63, 3.8) is 0 Å². The number of carbonyl (C=O) groups excluding carboxylic acids is 1. The highest BCUT2D eigenvalue weighted by atomic mass is 16.2. The summed E-state index contributed by atoms with van der Waals surface area (Å²) < 4.78 is 3.13. The van der Waals surface area contributed by atoms with E-state index in [0.717, 1.165) is 48.3 Å². The third kappa shape index (κ3) is 4.05. The van der Waals surface area contributed by atoms with Crippen molar-refractivity contribution >= 4 is 27.7 Å². The maximum absolute atomic E-state index is 12.7. The van der Waals surface area contributed by atoms with Gasteiger partial charge in [0.15, 0.2) is 0 Å². The molecule has 1 unspecified atom stereocenters. The number of aryl methyl sites for hydroxylation is 1. The molecular formula is C22H29N5O2. The first-order chi connectivity index (χ1) is 14.0. The van der Waals surface area contributed by atoms with Gasteiger partial charge in [-0.3, -0.25) is 9.59 Å². The fraction of sp³-hybridized carbons (Fsp3) is 0.500. The average molecular weight is 396 g/mol. The van der Waals surface area contributed by atoms with Gasteiger partial charge in [0, 0.05) is 36.4 Å². The van der Waals surface area contributed by atoms with E-state index in [2.05, 4.69) is 22.2 Å². The molecule has 29 heavy (non-hydrogen) atoms. The summed E-state index contributed by atoms with van der Waals surface area (Å²) in [5.74, 6) is 0.698. The second kappa shape index (κ2) is 8.37. The van der Waals surface area contributed by atoms with Gasteiger partial charge in [-0.2, -0.15) is 5.10 Å². The molecule has 0 bridgehead atoms. The highest BCUT2D eigenvalue weighted by Gasteiger charge is 2.18. The second-order valence-electron chi connectivity index (χ2n) is 8.19. The van der Waals surface area contributed by atoms with Crippen LogP contribution in [0.2, 0.25) is 0 Å². The summed E-state index contributed by atoms with van der Waals surface area (Å²) in [6.07, 6.45) is 5.23. The first-order valence-electron chi connectivity index (χ1n) is 10.5. The van der Waals surface area contributed by atoms with Crippen LogP contribution in [0.25, 0.3) is 21.8 Å². The zero-order valence-corrected chi connectivity index (χ0v) is 17.2. The standard InChI is InChI=1S/C22H29N5O2/c1-16-7-5-11-26(14-16)12-6-10-23-20(28)15-27-19-9-4-3-8-17(19)18-13-24-25(2)22(29)21(18)27/h3-4,8-9,13,16H,5-7,10-12,14-15H2,1-2H3,(H,23,28). The summed E-state index contributed by atoms with van der Waals surface area (Å²) in [6.45, 7) is 6.43. The van der Waals surface area contributed by atoms with Crippen molar-refractivity contribution in [1.82, 2.24) is 24.6 Å². The Labute approximate surface area is 170 Å². The lowest BCUT2D eigenvalue weighted by atomic mass is 10.0. The number of fused-ring (bicyclic) bond motifs is 3. The topological polar surface area (TPSA) is 72.2 Å². The van der Waals surface area contributed by atoms with E-state index >= 15 is 0 Å². The third-order valence-electron chi connectivity index (χ3n) is 5.88. The summed E-state index contributed by atoms with van der Waals surface area (Å²) >= 11 is 0. The minimum Gasteiger partial charge on any atom is -0.355 e. The van der Waals surface area contributed by atoms with Crippen LogP contribution in [0.3, 0.4) is 0 Å². The number of nitrogens with one attached hydrogen (secondary N) is 1. The highest BCUT2D eigenvalue weighted by molar-refractivity contribution is 6.07. The number of hydrogen-bond acceptors (Lipinski definition) is 4. The molecule has 0 aliphatic carbocycles. The van der Waals surface area contributed by atoms with Crippen molar-refractivity contribution in [1.29, 1.82) is 0 Å². The predicted molar refractivity (Wildman–Crippen MR) is 115 cm³/mol. The van der Waals surface area contributed by atoms with Crippen molar-refractivity contribution in [3.8, 4) is 0 Å². The molecule has 1 saturated heterocycles. The van der Waals surface area contributed by atoms with Crippen LogP contribution in [0.5, 0.6) is 0 Å². The smallest absolute Gasteiger partial charge is 0.291 e. The van der Waals surface area contributed by atoms with E-state index in [1.165, 1.54) is 17.5 Å². The minimum absolute atomic E-state index is 0.0708. The lowest BCUT2D eigenvalue weighted by Crippen LogP contribution is -2.37. The molecule has 7 heteroatoms. The van der Waals surface area contributed by atoms with E-state index in [9.17, 15) is 9.59 Å². The predicted octanol–water partition coefficient (Wildman–Crippen LogP) is 2.13. The van der Waals surface area contributed by atoms with Crippen LogP contribution in [0, 0.1) is 5.92 Å².